The second-order valence-electron chi connectivity index (χ2n) is 6.84. The van der Waals surface area contributed by atoms with E-state index in [1.807, 2.05) is 12.1 Å². The minimum absolute atomic E-state index is 0.0211. The van der Waals surface area contributed by atoms with Gasteiger partial charge in [0.05, 0.1) is 13.1 Å². The normalized spacial score (nSPS) is 11.0. The number of nitrogens with one attached hydrogen (secondary N) is 3. The fraction of sp³-hybridized carbons (Fsp3) is 0.316. The van der Waals surface area contributed by atoms with E-state index in [1.165, 1.54) is 18.3 Å². The van der Waals surface area contributed by atoms with E-state index >= 15 is 0 Å². The van der Waals surface area contributed by atoms with Gasteiger partial charge in [-0.25, -0.2) is 0 Å². The molecule has 132 valence electrons. The van der Waals surface area contributed by atoms with Crippen LogP contribution in [-0.2, 0) is 16.8 Å². The molecule has 2 amide bonds. The van der Waals surface area contributed by atoms with Crippen LogP contribution in [0.15, 0.2) is 47.4 Å². The van der Waals surface area contributed by atoms with Gasteiger partial charge in [-0.15, -0.1) is 0 Å². The Labute approximate surface area is 146 Å². The Bertz CT molecular complexity index is 802. The van der Waals surface area contributed by atoms with Gasteiger partial charge >= 0.3 is 0 Å². The lowest BCUT2D eigenvalue weighted by Crippen LogP contribution is -2.36. The number of benzene rings is 1. The molecule has 0 saturated carbocycles. The Balaban J connectivity index is 1.83. The maximum atomic E-state index is 12.1. The minimum atomic E-state index is -0.329. The molecule has 2 aromatic rings. The smallest absolute Gasteiger partial charge is 0.251 e. The lowest BCUT2D eigenvalue weighted by atomic mass is 9.87. The summed E-state index contributed by atoms with van der Waals surface area (Å²) in [6.07, 6.45) is 1.52. The van der Waals surface area contributed by atoms with E-state index < -0.39 is 0 Å². The summed E-state index contributed by atoms with van der Waals surface area (Å²) in [5, 5.41) is 5.22. The number of hydrogen-bond acceptors (Lipinski definition) is 3. The molecule has 1 aromatic carbocycles. The van der Waals surface area contributed by atoms with Crippen molar-refractivity contribution in [1.29, 1.82) is 0 Å². The molecule has 25 heavy (non-hydrogen) atoms. The first kappa shape index (κ1) is 18.4. The van der Waals surface area contributed by atoms with Crippen molar-refractivity contribution >= 4 is 11.8 Å². The number of aromatic amines is 1. The van der Waals surface area contributed by atoms with Crippen molar-refractivity contribution in [1.82, 2.24) is 15.6 Å². The molecule has 0 unspecified atom stereocenters. The van der Waals surface area contributed by atoms with Gasteiger partial charge in [-0.1, -0.05) is 32.9 Å². The van der Waals surface area contributed by atoms with Crippen LogP contribution in [-0.4, -0.2) is 23.3 Å². The van der Waals surface area contributed by atoms with Crippen molar-refractivity contribution in [3.63, 3.8) is 0 Å². The zero-order valence-electron chi connectivity index (χ0n) is 14.7. The Morgan fingerprint density at radius 3 is 2.32 bits per heavy atom. The molecule has 0 spiro atoms. The first-order valence-electron chi connectivity index (χ1n) is 8.09. The van der Waals surface area contributed by atoms with Gasteiger partial charge in [-0.05, 0) is 23.1 Å². The molecule has 6 nitrogen and oxygen atoms in total. The third-order valence-corrected chi connectivity index (χ3v) is 3.73. The molecule has 0 bridgehead atoms. The van der Waals surface area contributed by atoms with Crippen LogP contribution in [0, 0.1) is 0 Å². The fourth-order valence-corrected chi connectivity index (χ4v) is 2.23. The number of amides is 2. The lowest BCUT2D eigenvalue weighted by Gasteiger charge is -2.19. The van der Waals surface area contributed by atoms with Gasteiger partial charge in [0, 0.05) is 29.6 Å². The molecule has 6 heteroatoms. The molecule has 1 aromatic heterocycles. The summed E-state index contributed by atoms with van der Waals surface area (Å²) in [5.41, 5.74) is 2.14. The summed E-state index contributed by atoms with van der Waals surface area (Å²) in [6, 6.07) is 10.2. The van der Waals surface area contributed by atoms with Crippen molar-refractivity contribution in [2.45, 2.75) is 32.7 Å². The third kappa shape index (κ3) is 5.60. The maximum Gasteiger partial charge on any atom is 0.251 e. The largest absolute Gasteiger partial charge is 0.363 e. The van der Waals surface area contributed by atoms with Crippen LogP contribution in [0.3, 0.4) is 0 Å². The maximum absolute atomic E-state index is 12.1. The van der Waals surface area contributed by atoms with E-state index in [2.05, 4.69) is 36.4 Å². The van der Waals surface area contributed by atoms with Crippen LogP contribution in [0.4, 0.5) is 0 Å². The number of aromatic nitrogens is 1. The van der Waals surface area contributed by atoms with Gasteiger partial charge < -0.3 is 15.6 Å². The summed E-state index contributed by atoms with van der Waals surface area (Å²) >= 11 is 0. The first-order valence-corrected chi connectivity index (χ1v) is 8.09. The molecule has 0 saturated heterocycles. The summed E-state index contributed by atoms with van der Waals surface area (Å²) in [5.74, 6) is -0.631. The zero-order valence-corrected chi connectivity index (χ0v) is 14.7. The standard InChI is InChI=1S/C19H23N3O3/c1-19(2,3)14-6-4-13(5-7-14)18(25)22-12-17(24)21-11-15-10-16(23)8-9-20-15/h4-10H,11-12H2,1-3H3,(H,20,23)(H,21,24)(H,22,25). The molecule has 0 atom stereocenters. The number of pyridine rings is 1. The predicted octanol–water partition coefficient (Wildman–Crippen LogP) is 1.72. The lowest BCUT2D eigenvalue weighted by molar-refractivity contribution is -0.120. The van der Waals surface area contributed by atoms with Gasteiger partial charge in [-0.3, -0.25) is 14.4 Å². The fourth-order valence-electron chi connectivity index (χ4n) is 2.23. The van der Waals surface area contributed by atoms with Gasteiger partial charge in [0.1, 0.15) is 0 Å². The number of hydrogen-bond donors (Lipinski definition) is 3. The van der Waals surface area contributed by atoms with E-state index in [4.69, 9.17) is 0 Å². The molecular formula is C19H23N3O3. The highest BCUT2D eigenvalue weighted by Crippen LogP contribution is 2.22. The molecular weight excluding hydrogens is 318 g/mol. The molecule has 0 radical (unpaired) electrons. The van der Waals surface area contributed by atoms with Crippen LogP contribution >= 0.6 is 0 Å². The average Bonchev–Trinajstić information content (AvgIpc) is 2.57. The SMILES string of the molecule is CC(C)(C)c1ccc(C(=O)NCC(=O)NCc2cc(=O)cc[nH]2)cc1. The molecule has 0 aliphatic rings. The highest BCUT2D eigenvalue weighted by Gasteiger charge is 2.14. The average molecular weight is 341 g/mol. The summed E-state index contributed by atoms with van der Waals surface area (Å²) in [6.45, 7) is 6.38. The van der Waals surface area contributed by atoms with Gasteiger partial charge in [0.15, 0.2) is 5.43 Å². The molecule has 0 fully saturated rings. The number of H-pyrrole nitrogens is 1. The second-order valence-corrected chi connectivity index (χ2v) is 6.84. The highest BCUT2D eigenvalue weighted by molar-refractivity contribution is 5.96. The zero-order chi connectivity index (χ0) is 18.4. The third-order valence-electron chi connectivity index (χ3n) is 3.73. The molecule has 3 N–H and O–H groups in total. The van der Waals surface area contributed by atoms with E-state index in [0.29, 0.717) is 11.3 Å². The van der Waals surface area contributed by atoms with Gasteiger partial charge in [0.25, 0.3) is 5.91 Å². The highest BCUT2D eigenvalue weighted by atomic mass is 16.2. The van der Waals surface area contributed by atoms with Crippen LogP contribution < -0.4 is 16.1 Å². The van der Waals surface area contributed by atoms with Crippen LogP contribution in [0.1, 0.15) is 42.4 Å². The first-order chi connectivity index (χ1) is 11.8. The Morgan fingerprint density at radius 1 is 1.04 bits per heavy atom. The number of carbonyl (C=O) groups excluding carboxylic acids is 2. The number of rotatable bonds is 5. The van der Waals surface area contributed by atoms with E-state index in [9.17, 15) is 14.4 Å². The van der Waals surface area contributed by atoms with Crippen LogP contribution in [0.5, 0.6) is 0 Å². The summed E-state index contributed by atoms with van der Waals surface area (Å²) in [4.78, 5) is 38.0. The molecule has 0 aliphatic heterocycles. The Morgan fingerprint density at radius 2 is 1.72 bits per heavy atom. The van der Waals surface area contributed by atoms with Crippen molar-refractivity contribution < 1.29 is 9.59 Å². The van der Waals surface area contributed by atoms with Crippen molar-refractivity contribution in [3.05, 3.63) is 69.6 Å². The monoisotopic (exact) mass is 341 g/mol. The molecule has 0 aliphatic carbocycles. The summed E-state index contributed by atoms with van der Waals surface area (Å²) in [7, 11) is 0. The van der Waals surface area contributed by atoms with Crippen molar-refractivity contribution in [2.24, 2.45) is 0 Å². The summed E-state index contributed by atoms with van der Waals surface area (Å²) < 4.78 is 0. The Kier molecular flexibility index (Phi) is 5.75. The predicted molar refractivity (Wildman–Crippen MR) is 96.4 cm³/mol. The van der Waals surface area contributed by atoms with E-state index in [0.717, 1.165) is 5.56 Å². The molecule has 1 heterocycles. The topological polar surface area (TPSA) is 91.1 Å². The van der Waals surface area contributed by atoms with Crippen LogP contribution in [0.25, 0.3) is 0 Å². The van der Waals surface area contributed by atoms with E-state index in [-0.39, 0.29) is 35.7 Å². The van der Waals surface area contributed by atoms with Gasteiger partial charge in [0.2, 0.25) is 5.91 Å². The Hall–Kier alpha value is -2.89. The molecule has 2 rings (SSSR count). The van der Waals surface area contributed by atoms with Gasteiger partial charge in [-0.2, -0.15) is 0 Å². The number of carbonyl (C=O) groups is 2. The quantitative estimate of drug-likeness (QED) is 0.773. The van der Waals surface area contributed by atoms with Crippen LogP contribution in [0.2, 0.25) is 0 Å². The van der Waals surface area contributed by atoms with Crippen molar-refractivity contribution in [2.75, 3.05) is 6.54 Å². The minimum Gasteiger partial charge on any atom is -0.363 e. The second kappa shape index (κ2) is 7.79. The van der Waals surface area contributed by atoms with Crippen molar-refractivity contribution in [3.8, 4) is 0 Å². The van der Waals surface area contributed by atoms with E-state index in [1.54, 1.807) is 12.1 Å².